The van der Waals surface area contributed by atoms with E-state index in [1.165, 1.54) is 5.56 Å². The second-order valence-corrected chi connectivity index (χ2v) is 7.53. The molecule has 1 aromatic carbocycles. The Labute approximate surface area is 175 Å². The van der Waals surface area contributed by atoms with E-state index in [2.05, 4.69) is 27.4 Å². The number of benzene rings is 1. The first-order valence-electron chi connectivity index (χ1n) is 10.3. The Morgan fingerprint density at radius 2 is 1.93 bits per heavy atom. The molecule has 7 nitrogen and oxygen atoms in total. The first-order chi connectivity index (χ1) is 14.6. The SMILES string of the molecule is CCc1ccc(NC(=O)[C@@H]2CCCN(C(=O)c3cc(-c4ccncc4)n[nH]3)C2)cc1. The molecule has 1 fully saturated rings. The highest BCUT2D eigenvalue weighted by Gasteiger charge is 2.29. The highest BCUT2D eigenvalue weighted by atomic mass is 16.2. The van der Waals surface area contributed by atoms with E-state index in [4.69, 9.17) is 0 Å². The van der Waals surface area contributed by atoms with E-state index in [9.17, 15) is 9.59 Å². The lowest BCUT2D eigenvalue weighted by Gasteiger charge is -2.31. The van der Waals surface area contributed by atoms with Gasteiger partial charge in [-0.3, -0.25) is 19.7 Å². The molecule has 154 valence electrons. The van der Waals surface area contributed by atoms with Crippen LogP contribution in [-0.2, 0) is 11.2 Å². The smallest absolute Gasteiger partial charge is 0.271 e. The van der Waals surface area contributed by atoms with Gasteiger partial charge in [0.05, 0.1) is 11.6 Å². The number of aromatic amines is 1. The van der Waals surface area contributed by atoms with Gasteiger partial charge in [0.2, 0.25) is 5.91 Å². The van der Waals surface area contributed by atoms with Crippen molar-refractivity contribution in [3.63, 3.8) is 0 Å². The number of aromatic nitrogens is 3. The van der Waals surface area contributed by atoms with Gasteiger partial charge in [0.25, 0.3) is 5.91 Å². The number of anilines is 1. The molecule has 0 bridgehead atoms. The van der Waals surface area contributed by atoms with Crippen LogP contribution in [0.15, 0.2) is 54.9 Å². The molecule has 2 aromatic heterocycles. The topological polar surface area (TPSA) is 91.0 Å². The fraction of sp³-hybridized carbons (Fsp3) is 0.304. The molecule has 30 heavy (non-hydrogen) atoms. The zero-order valence-electron chi connectivity index (χ0n) is 17.0. The Kier molecular flexibility index (Phi) is 5.88. The number of likely N-dealkylation sites (tertiary alicyclic amines) is 1. The zero-order chi connectivity index (χ0) is 20.9. The molecule has 2 amide bonds. The number of amides is 2. The van der Waals surface area contributed by atoms with Crippen LogP contribution in [-0.4, -0.2) is 45.0 Å². The van der Waals surface area contributed by atoms with Gasteiger partial charge in [0, 0.05) is 36.7 Å². The summed E-state index contributed by atoms with van der Waals surface area (Å²) in [7, 11) is 0. The maximum atomic E-state index is 13.0. The summed E-state index contributed by atoms with van der Waals surface area (Å²) in [4.78, 5) is 31.4. The number of hydrogen-bond donors (Lipinski definition) is 2. The van der Waals surface area contributed by atoms with Gasteiger partial charge in [-0.1, -0.05) is 19.1 Å². The van der Waals surface area contributed by atoms with E-state index >= 15 is 0 Å². The number of pyridine rings is 1. The van der Waals surface area contributed by atoms with E-state index in [-0.39, 0.29) is 17.7 Å². The van der Waals surface area contributed by atoms with E-state index in [1.54, 1.807) is 23.4 Å². The van der Waals surface area contributed by atoms with Crippen LogP contribution in [0.4, 0.5) is 5.69 Å². The molecule has 7 heteroatoms. The summed E-state index contributed by atoms with van der Waals surface area (Å²) in [5, 5.41) is 10.1. The number of H-pyrrole nitrogens is 1. The fourth-order valence-electron chi connectivity index (χ4n) is 3.72. The molecular weight excluding hydrogens is 378 g/mol. The van der Waals surface area contributed by atoms with Crippen molar-refractivity contribution < 1.29 is 9.59 Å². The van der Waals surface area contributed by atoms with Crippen LogP contribution in [0.3, 0.4) is 0 Å². The summed E-state index contributed by atoms with van der Waals surface area (Å²) >= 11 is 0. The molecule has 3 heterocycles. The largest absolute Gasteiger partial charge is 0.337 e. The van der Waals surface area contributed by atoms with Crippen LogP contribution in [0.25, 0.3) is 11.3 Å². The van der Waals surface area contributed by atoms with E-state index in [0.29, 0.717) is 24.5 Å². The number of carbonyl (C=O) groups excluding carboxylic acids is 2. The second-order valence-electron chi connectivity index (χ2n) is 7.53. The van der Waals surface area contributed by atoms with Gasteiger partial charge in [0.1, 0.15) is 5.69 Å². The Morgan fingerprint density at radius 3 is 2.67 bits per heavy atom. The average Bonchev–Trinajstić information content (AvgIpc) is 3.30. The van der Waals surface area contributed by atoms with Gasteiger partial charge in [-0.2, -0.15) is 5.10 Å². The summed E-state index contributed by atoms with van der Waals surface area (Å²) < 4.78 is 0. The summed E-state index contributed by atoms with van der Waals surface area (Å²) in [5.74, 6) is -0.400. The molecule has 0 aliphatic carbocycles. The normalized spacial score (nSPS) is 16.3. The van der Waals surface area contributed by atoms with Crippen LogP contribution in [0.1, 0.15) is 35.8 Å². The van der Waals surface area contributed by atoms with E-state index in [0.717, 1.165) is 30.5 Å². The van der Waals surface area contributed by atoms with E-state index < -0.39 is 0 Å². The Balaban J connectivity index is 1.40. The van der Waals surface area contributed by atoms with Crippen LogP contribution < -0.4 is 5.32 Å². The molecule has 1 saturated heterocycles. The molecule has 0 unspecified atom stereocenters. The van der Waals surface area contributed by atoms with E-state index in [1.807, 2.05) is 36.4 Å². The second kappa shape index (κ2) is 8.90. The molecular formula is C23H25N5O2. The molecule has 2 N–H and O–H groups in total. The minimum Gasteiger partial charge on any atom is -0.337 e. The van der Waals surface area contributed by atoms with Crippen molar-refractivity contribution in [1.29, 1.82) is 0 Å². The first-order valence-corrected chi connectivity index (χ1v) is 10.3. The molecule has 3 aromatic rings. The van der Waals surface area contributed by atoms with Crippen molar-refractivity contribution in [2.75, 3.05) is 18.4 Å². The van der Waals surface area contributed by atoms with Crippen LogP contribution in [0, 0.1) is 5.92 Å². The predicted octanol–water partition coefficient (Wildman–Crippen LogP) is 3.53. The van der Waals surface area contributed by atoms with Gasteiger partial charge in [-0.15, -0.1) is 0 Å². The molecule has 0 saturated carbocycles. The van der Waals surface area contributed by atoms with Gasteiger partial charge in [0.15, 0.2) is 0 Å². The number of carbonyl (C=O) groups is 2. The molecule has 1 aliphatic rings. The van der Waals surface area contributed by atoms with Crippen LogP contribution in [0.2, 0.25) is 0 Å². The van der Waals surface area contributed by atoms with Crippen LogP contribution >= 0.6 is 0 Å². The van der Waals surface area contributed by atoms with Crippen molar-refractivity contribution in [2.45, 2.75) is 26.2 Å². The summed E-state index contributed by atoms with van der Waals surface area (Å²) in [6, 6.07) is 13.3. The number of nitrogens with zero attached hydrogens (tertiary/aromatic N) is 3. The van der Waals surface area contributed by atoms with Crippen LogP contribution in [0.5, 0.6) is 0 Å². The maximum Gasteiger partial charge on any atom is 0.271 e. The average molecular weight is 403 g/mol. The highest BCUT2D eigenvalue weighted by Crippen LogP contribution is 2.22. The lowest BCUT2D eigenvalue weighted by atomic mass is 9.96. The number of piperidine rings is 1. The number of hydrogen-bond acceptors (Lipinski definition) is 4. The van der Waals surface area contributed by atoms with Crippen molar-refractivity contribution in [2.24, 2.45) is 5.92 Å². The minimum atomic E-state index is -0.226. The third-order valence-corrected chi connectivity index (χ3v) is 5.49. The predicted molar refractivity (Wildman–Crippen MR) is 115 cm³/mol. The monoisotopic (exact) mass is 403 g/mol. The van der Waals surface area contributed by atoms with Gasteiger partial charge in [-0.25, -0.2) is 0 Å². The molecule has 1 aliphatic heterocycles. The third kappa shape index (κ3) is 4.40. The van der Waals surface area contributed by atoms with Crippen molar-refractivity contribution in [1.82, 2.24) is 20.1 Å². The van der Waals surface area contributed by atoms with Crippen molar-refractivity contribution in [3.8, 4) is 11.3 Å². The van der Waals surface area contributed by atoms with Gasteiger partial charge < -0.3 is 10.2 Å². The number of rotatable bonds is 5. The molecule has 1 atom stereocenters. The fourth-order valence-corrected chi connectivity index (χ4v) is 3.72. The number of nitrogens with one attached hydrogen (secondary N) is 2. The maximum absolute atomic E-state index is 13.0. The Bertz CT molecular complexity index is 1010. The molecule has 0 spiro atoms. The lowest BCUT2D eigenvalue weighted by molar-refractivity contribution is -0.121. The summed E-state index contributed by atoms with van der Waals surface area (Å²) in [6.45, 7) is 3.14. The quantitative estimate of drug-likeness (QED) is 0.682. The van der Waals surface area contributed by atoms with Crippen molar-refractivity contribution >= 4 is 17.5 Å². The number of aryl methyl sites for hydroxylation is 1. The van der Waals surface area contributed by atoms with Gasteiger partial charge >= 0.3 is 0 Å². The Hall–Kier alpha value is -3.48. The summed E-state index contributed by atoms with van der Waals surface area (Å²) in [5.41, 5.74) is 4.04. The lowest BCUT2D eigenvalue weighted by Crippen LogP contribution is -2.43. The summed E-state index contributed by atoms with van der Waals surface area (Å²) in [6.07, 6.45) is 5.91. The zero-order valence-corrected chi connectivity index (χ0v) is 17.0. The van der Waals surface area contributed by atoms with Gasteiger partial charge in [-0.05, 0) is 55.2 Å². The molecule has 4 rings (SSSR count). The standard InChI is InChI=1S/C23H25N5O2/c1-2-16-5-7-19(8-6-16)25-22(29)18-4-3-13-28(15-18)23(30)21-14-20(26-27-21)17-9-11-24-12-10-17/h5-12,14,18H,2-4,13,15H2,1H3,(H,25,29)(H,26,27)/t18-/m1/s1. The first kappa shape index (κ1) is 19.8. The van der Waals surface area contributed by atoms with Crippen molar-refractivity contribution in [3.05, 3.63) is 66.1 Å². The minimum absolute atomic E-state index is 0.0427. The Morgan fingerprint density at radius 1 is 1.17 bits per heavy atom. The third-order valence-electron chi connectivity index (χ3n) is 5.49. The molecule has 0 radical (unpaired) electrons. The highest BCUT2D eigenvalue weighted by molar-refractivity contribution is 5.95.